The molecule has 0 aliphatic carbocycles. The number of carbonyl (C=O) groups is 1. The molecular formula is C21H16F4N2O3S. The summed E-state index contributed by atoms with van der Waals surface area (Å²) in [4.78, 5) is 16.7. The lowest BCUT2D eigenvalue weighted by Gasteiger charge is -2.20. The fraction of sp³-hybridized carbons (Fsp3) is 0.143. The van der Waals surface area contributed by atoms with Gasteiger partial charge in [0.1, 0.15) is 11.5 Å². The van der Waals surface area contributed by atoms with Crippen LogP contribution >= 0.6 is 0 Å². The molecule has 1 atom stereocenters. The van der Waals surface area contributed by atoms with Crippen molar-refractivity contribution < 1.29 is 30.8 Å². The van der Waals surface area contributed by atoms with E-state index >= 15 is 0 Å². The second-order valence-corrected chi connectivity index (χ2v) is 8.71. The molecule has 2 aromatic carbocycles. The highest BCUT2D eigenvalue weighted by atomic mass is 32.2. The van der Waals surface area contributed by atoms with Crippen LogP contribution in [-0.4, -0.2) is 25.6 Å². The van der Waals surface area contributed by atoms with Gasteiger partial charge in [0, 0.05) is 18.0 Å². The van der Waals surface area contributed by atoms with Crippen molar-refractivity contribution in [3.05, 3.63) is 95.1 Å². The Labute approximate surface area is 175 Å². The third-order valence-electron chi connectivity index (χ3n) is 4.45. The van der Waals surface area contributed by atoms with Gasteiger partial charge in [0.15, 0.2) is 9.84 Å². The van der Waals surface area contributed by atoms with Gasteiger partial charge in [-0.2, -0.15) is 13.2 Å². The summed E-state index contributed by atoms with van der Waals surface area (Å²) >= 11 is 0. The first-order valence-electron chi connectivity index (χ1n) is 8.85. The molecule has 0 radical (unpaired) electrons. The van der Waals surface area contributed by atoms with Gasteiger partial charge in [0.05, 0.1) is 16.5 Å². The normalized spacial score (nSPS) is 12.9. The molecule has 162 valence electrons. The highest BCUT2D eigenvalue weighted by molar-refractivity contribution is 7.90. The summed E-state index contributed by atoms with van der Waals surface area (Å²) < 4.78 is 76.1. The highest BCUT2D eigenvalue weighted by Crippen LogP contribution is 2.31. The zero-order chi connectivity index (χ0) is 22.8. The van der Waals surface area contributed by atoms with E-state index in [-0.39, 0.29) is 21.7 Å². The molecule has 10 heteroatoms. The third kappa shape index (κ3) is 5.26. The van der Waals surface area contributed by atoms with Gasteiger partial charge in [-0.25, -0.2) is 12.8 Å². The molecule has 0 saturated carbocycles. The molecule has 1 aromatic heterocycles. The van der Waals surface area contributed by atoms with Crippen LogP contribution in [0.25, 0.3) is 0 Å². The van der Waals surface area contributed by atoms with E-state index in [2.05, 4.69) is 10.3 Å². The Bertz CT molecular complexity index is 1190. The van der Waals surface area contributed by atoms with E-state index in [1.165, 1.54) is 36.5 Å². The highest BCUT2D eigenvalue weighted by Gasteiger charge is 2.31. The van der Waals surface area contributed by atoms with Gasteiger partial charge < -0.3 is 5.32 Å². The number of halogens is 4. The number of hydrogen-bond donors (Lipinski definition) is 1. The lowest BCUT2D eigenvalue weighted by atomic mass is 10.00. The topological polar surface area (TPSA) is 76.1 Å². The maximum absolute atomic E-state index is 14.4. The van der Waals surface area contributed by atoms with Gasteiger partial charge in [0.25, 0.3) is 5.91 Å². The summed E-state index contributed by atoms with van der Waals surface area (Å²) in [6.07, 6.45) is -2.23. The Kier molecular flexibility index (Phi) is 6.12. The summed E-state index contributed by atoms with van der Waals surface area (Å²) in [6.45, 7) is 0. The maximum Gasteiger partial charge on any atom is 0.416 e. The molecule has 0 aliphatic rings. The van der Waals surface area contributed by atoms with Gasteiger partial charge in [-0.3, -0.25) is 9.78 Å². The van der Waals surface area contributed by atoms with Crippen LogP contribution in [0.4, 0.5) is 17.6 Å². The van der Waals surface area contributed by atoms with Crippen molar-refractivity contribution in [3.8, 4) is 0 Å². The number of sulfone groups is 1. The van der Waals surface area contributed by atoms with Crippen LogP contribution in [0.2, 0.25) is 0 Å². The Hall–Kier alpha value is -3.27. The first-order chi connectivity index (χ1) is 14.5. The van der Waals surface area contributed by atoms with Crippen LogP contribution in [0.3, 0.4) is 0 Å². The van der Waals surface area contributed by atoms with E-state index in [4.69, 9.17) is 0 Å². The lowest BCUT2D eigenvalue weighted by Crippen LogP contribution is -2.30. The molecule has 31 heavy (non-hydrogen) atoms. The number of pyridine rings is 1. The van der Waals surface area contributed by atoms with E-state index in [0.29, 0.717) is 0 Å². The number of nitrogens with one attached hydrogen (secondary N) is 1. The number of alkyl halides is 3. The quantitative estimate of drug-likeness (QED) is 0.590. The Balaban J connectivity index is 1.96. The molecule has 3 aromatic rings. The predicted molar refractivity (Wildman–Crippen MR) is 105 cm³/mol. The summed E-state index contributed by atoms with van der Waals surface area (Å²) in [6, 6.07) is 10.3. The van der Waals surface area contributed by atoms with Crippen molar-refractivity contribution in [1.29, 1.82) is 0 Å². The van der Waals surface area contributed by atoms with Crippen LogP contribution in [-0.2, 0) is 16.0 Å². The van der Waals surface area contributed by atoms with Crippen LogP contribution in [0.5, 0.6) is 0 Å². The molecule has 0 fully saturated rings. The smallest absolute Gasteiger partial charge is 0.339 e. The fourth-order valence-electron chi connectivity index (χ4n) is 2.85. The SMILES string of the molecule is CS(=O)(=O)c1ccc(C(=O)NC(c2ccc(C(F)(F)F)cc2)c2ncccc2F)cc1. The first-order valence-corrected chi connectivity index (χ1v) is 10.7. The van der Waals surface area contributed by atoms with Crippen molar-refractivity contribution in [2.45, 2.75) is 17.1 Å². The van der Waals surface area contributed by atoms with E-state index in [1.807, 2.05) is 0 Å². The van der Waals surface area contributed by atoms with Crippen molar-refractivity contribution in [2.75, 3.05) is 6.26 Å². The minimum atomic E-state index is -4.55. The van der Waals surface area contributed by atoms with E-state index in [0.717, 1.165) is 36.6 Å². The molecule has 3 rings (SSSR count). The Morgan fingerprint density at radius 1 is 1.00 bits per heavy atom. The standard InChI is InChI=1S/C21H16F4N2O3S/c1-31(29,30)16-10-6-14(7-11-16)20(28)27-18(19-17(22)3-2-12-26-19)13-4-8-15(9-5-13)21(23,24)25/h2-12,18H,1H3,(H,27,28). The second-order valence-electron chi connectivity index (χ2n) is 6.69. The van der Waals surface area contributed by atoms with E-state index in [9.17, 15) is 30.8 Å². The zero-order valence-corrected chi connectivity index (χ0v) is 16.8. The predicted octanol–water partition coefficient (Wildman–Crippen LogP) is 4.16. The largest absolute Gasteiger partial charge is 0.416 e. The van der Waals surface area contributed by atoms with Gasteiger partial charge in [-0.05, 0) is 54.1 Å². The van der Waals surface area contributed by atoms with Crippen LogP contribution in [0, 0.1) is 5.82 Å². The number of amides is 1. The summed E-state index contributed by atoms with van der Waals surface area (Å²) in [5.74, 6) is -1.44. The molecule has 0 spiro atoms. The van der Waals surface area contributed by atoms with Gasteiger partial charge in [0.2, 0.25) is 0 Å². The molecular weight excluding hydrogens is 436 g/mol. The van der Waals surface area contributed by atoms with Gasteiger partial charge >= 0.3 is 6.18 Å². The first kappa shape index (κ1) is 22.4. The average molecular weight is 452 g/mol. The van der Waals surface area contributed by atoms with Gasteiger partial charge in [-0.15, -0.1) is 0 Å². The van der Waals surface area contributed by atoms with Crippen molar-refractivity contribution >= 4 is 15.7 Å². The number of aromatic nitrogens is 1. The minimum absolute atomic E-state index is 0.0131. The van der Waals surface area contributed by atoms with E-state index in [1.54, 1.807) is 0 Å². The Morgan fingerprint density at radius 2 is 1.61 bits per heavy atom. The lowest BCUT2D eigenvalue weighted by molar-refractivity contribution is -0.137. The molecule has 5 nitrogen and oxygen atoms in total. The van der Waals surface area contributed by atoms with Gasteiger partial charge in [-0.1, -0.05) is 12.1 Å². The molecule has 1 amide bonds. The molecule has 0 bridgehead atoms. The summed E-state index contributed by atoms with van der Waals surface area (Å²) in [7, 11) is -3.46. The molecule has 0 aliphatic heterocycles. The average Bonchev–Trinajstić information content (AvgIpc) is 2.71. The molecule has 1 N–H and O–H groups in total. The number of carbonyl (C=O) groups excluding carboxylic acids is 1. The number of nitrogens with zero attached hydrogens (tertiary/aromatic N) is 1. The monoisotopic (exact) mass is 452 g/mol. The number of benzene rings is 2. The van der Waals surface area contributed by atoms with Crippen LogP contribution < -0.4 is 5.32 Å². The minimum Gasteiger partial charge on any atom is -0.339 e. The van der Waals surface area contributed by atoms with Crippen molar-refractivity contribution in [3.63, 3.8) is 0 Å². The van der Waals surface area contributed by atoms with Crippen molar-refractivity contribution in [2.24, 2.45) is 0 Å². The molecule has 0 saturated heterocycles. The van der Waals surface area contributed by atoms with Crippen molar-refractivity contribution in [1.82, 2.24) is 10.3 Å². The van der Waals surface area contributed by atoms with E-state index < -0.39 is 39.3 Å². The fourth-order valence-corrected chi connectivity index (χ4v) is 3.48. The van der Waals surface area contributed by atoms with Crippen LogP contribution in [0.15, 0.2) is 71.8 Å². The third-order valence-corrected chi connectivity index (χ3v) is 5.58. The number of hydrogen-bond acceptors (Lipinski definition) is 4. The second kappa shape index (κ2) is 8.46. The maximum atomic E-state index is 14.4. The molecule has 1 unspecified atom stereocenters. The molecule has 1 heterocycles. The summed E-state index contributed by atoms with van der Waals surface area (Å²) in [5.41, 5.74) is -0.796. The van der Waals surface area contributed by atoms with Crippen LogP contribution in [0.1, 0.15) is 33.2 Å². The zero-order valence-electron chi connectivity index (χ0n) is 16.0. The summed E-state index contributed by atoms with van der Waals surface area (Å²) in [5, 5.41) is 2.55. The number of rotatable bonds is 5. The Morgan fingerprint density at radius 3 is 2.13 bits per heavy atom.